The minimum Gasteiger partial charge on any atom is -0.384 e. The smallest absolute Gasteiger partial charge is 0.260 e. The highest BCUT2D eigenvalue weighted by Crippen LogP contribution is 2.14. The zero-order chi connectivity index (χ0) is 14.8. The summed E-state index contributed by atoms with van der Waals surface area (Å²) >= 11 is 0. The number of aromatic nitrogens is 2. The molecule has 4 N–H and O–H groups in total. The van der Waals surface area contributed by atoms with Crippen LogP contribution < -0.4 is 5.73 Å². The molecule has 2 aromatic rings. The van der Waals surface area contributed by atoms with E-state index in [4.69, 9.17) is 11.1 Å². The molecule has 0 aliphatic rings. The molecule has 0 aliphatic carbocycles. The van der Waals surface area contributed by atoms with Gasteiger partial charge in [-0.15, -0.1) is 0 Å². The normalized spacial score (nSPS) is 11.7. The van der Waals surface area contributed by atoms with E-state index in [-0.39, 0.29) is 17.4 Å². The number of H-pyrrole nitrogens is 1. The number of amidine groups is 1. The molecule has 0 unspecified atom stereocenters. The van der Waals surface area contributed by atoms with Crippen LogP contribution in [-0.4, -0.2) is 35.6 Å². The molecule has 0 spiro atoms. The second-order valence-electron chi connectivity index (χ2n) is 4.29. The lowest BCUT2D eigenvalue weighted by Gasteiger charge is -2.16. The highest BCUT2D eigenvalue weighted by Gasteiger charge is 2.22. The Hall–Kier alpha value is -2.19. The average molecular weight is 293 g/mol. The molecule has 0 fully saturated rings. The summed E-state index contributed by atoms with van der Waals surface area (Å²) < 4.78 is 25.6. The van der Waals surface area contributed by atoms with Gasteiger partial charge in [-0.25, -0.2) is 13.4 Å². The molecule has 20 heavy (non-hydrogen) atoms. The molecule has 0 amide bonds. The molecule has 0 saturated carbocycles. The molecule has 7 nitrogen and oxygen atoms in total. The fraction of sp³-hybridized carbons (Fsp3) is 0.167. The Morgan fingerprint density at radius 2 is 2.25 bits per heavy atom. The van der Waals surface area contributed by atoms with E-state index in [1.54, 1.807) is 24.3 Å². The van der Waals surface area contributed by atoms with Gasteiger partial charge in [0.15, 0.2) is 5.03 Å². The maximum atomic E-state index is 12.2. The number of nitrogen functional groups attached to an aromatic ring is 1. The van der Waals surface area contributed by atoms with Crippen molar-refractivity contribution in [2.24, 2.45) is 5.73 Å². The molecule has 0 saturated heterocycles. The van der Waals surface area contributed by atoms with Gasteiger partial charge < -0.3 is 10.7 Å². The standard InChI is InChI=1S/C12H15N5O2S/c1-17(20(18,19)11-6-15-8-16-11)7-9-3-2-4-10(5-9)12(13)14/h2-6,8H,7H2,1H3,(H3,13,14)(H,15,16). The van der Waals surface area contributed by atoms with Crippen molar-refractivity contribution in [3.8, 4) is 0 Å². The van der Waals surface area contributed by atoms with Gasteiger partial charge >= 0.3 is 0 Å². The van der Waals surface area contributed by atoms with Crippen LogP contribution in [-0.2, 0) is 16.6 Å². The van der Waals surface area contributed by atoms with Gasteiger partial charge in [-0.1, -0.05) is 18.2 Å². The van der Waals surface area contributed by atoms with Crippen molar-refractivity contribution in [2.45, 2.75) is 11.6 Å². The van der Waals surface area contributed by atoms with Crippen LogP contribution in [0.1, 0.15) is 11.1 Å². The van der Waals surface area contributed by atoms with Crippen molar-refractivity contribution in [2.75, 3.05) is 7.05 Å². The van der Waals surface area contributed by atoms with Gasteiger partial charge in [-0.3, -0.25) is 5.41 Å². The van der Waals surface area contributed by atoms with Gasteiger partial charge in [-0.2, -0.15) is 4.31 Å². The number of hydrogen-bond donors (Lipinski definition) is 3. The number of aromatic amines is 1. The van der Waals surface area contributed by atoms with Crippen LogP contribution in [0.3, 0.4) is 0 Å². The molecular formula is C12H15N5O2S. The number of sulfonamides is 1. The van der Waals surface area contributed by atoms with Gasteiger partial charge in [0.1, 0.15) is 5.84 Å². The highest BCUT2D eigenvalue weighted by molar-refractivity contribution is 7.89. The molecule has 2 rings (SSSR count). The summed E-state index contributed by atoms with van der Waals surface area (Å²) in [5.41, 5.74) is 6.73. The lowest BCUT2D eigenvalue weighted by molar-refractivity contribution is 0.464. The summed E-state index contributed by atoms with van der Waals surface area (Å²) in [7, 11) is -2.11. The highest BCUT2D eigenvalue weighted by atomic mass is 32.2. The number of nitrogens with zero attached hydrogens (tertiary/aromatic N) is 2. The van der Waals surface area contributed by atoms with E-state index in [0.29, 0.717) is 5.56 Å². The Balaban J connectivity index is 2.22. The molecule has 1 heterocycles. The van der Waals surface area contributed by atoms with Crippen molar-refractivity contribution in [3.63, 3.8) is 0 Å². The van der Waals surface area contributed by atoms with E-state index in [0.717, 1.165) is 5.56 Å². The Labute approximate surface area is 117 Å². The predicted octanol–water partition coefficient (Wildman–Crippen LogP) is 0.514. The van der Waals surface area contributed by atoms with Gasteiger partial charge in [0.05, 0.1) is 12.5 Å². The second kappa shape index (κ2) is 5.43. The van der Waals surface area contributed by atoms with Crippen LogP contribution in [0.4, 0.5) is 0 Å². The van der Waals surface area contributed by atoms with E-state index in [1.807, 2.05) is 0 Å². The van der Waals surface area contributed by atoms with Crippen LogP contribution >= 0.6 is 0 Å². The first kappa shape index (κ1) is 14.2. The number of imidazole rings is 1. The first-order chi connectivity index (χ1) is 9.41. The van der Waals surface area contributed by atoms with Crippen molar-refractivity contribution < 1.29 is 8.42 Å². The number of rotatable bonds is 5. The topological polar surface area (TPSA) is 116 Å². The fourth-order valence-corrected chi connectivity index (χ4v) is 2.78. The van der Waals surface area contributed by atoms with Crippen LogP contribution in [0.15, 0.2) is 41.8 Å². The quantitative estimate of drug-likeness (QED) is 0.550. The summed E-state index contributed by atoms with van der Waals surface area (Å²) in [5.74, 6) is -0.0501. The first-order valence-electron chi connectivity index (χ1n) is 5.79. The SMILES string of the molecule is CN(Cc1cccc(C(=N)N)c1)S(=O)(=O)c1cnc[nH]1. The zero-order valence-corrected chi connectivity index (χ0v) is 11.7. The minimum atomic E-state index is -3.60. The van der Waals surface area contributed by atoms with Gasteiger partial charge in [0.2, 0.25) is 0 Å². The van der Waals surface area contributed by atoms with Crippen LogP contribution in [0.25, 0.3) is 0 Å². The lowest BCUT2D eigenvalue weighted by atomic mass is 10.1. The Morgan fingerprint density at radius 1 is 1.50 bits per heavy atom. The number of nitrogens with one attached hydrogen (secondary N) is 2. The molecule has 0 atom stereocenters. The van der Waals surface area contributed by atoms with Gasteiger partial charge in [-0.05, 0) is 11.6 Å². The van der Waals surface area contributed by atoms with E-state index < -0.39 is 10.0 Å². The van der Waals surface area contributed by atoms with Crippen molar-refractivity contribution in [3.05, 3.63) is 47.9 Å². The van der Waals surface area contributed by atoms with E-state index in [9.17, 15) is 8.42 Å². The molecule has 0 bridgehead atoms. The van der Waals surface area contributed by atoms with E-state index >= 15 is 0 Å². The Bertz CT molecular complexity index is 709. The summed E-state index contributed by atoms with van der Waals surface area (Å²) in [6.07, 6.45) is 2.58. The van der Waals surface area contributed by atoms with Crippen molar-refractivity contribution >= 4 is 15.9 Å². The van der Waals surface area contributed by atoms with Crippen LogP contribution in [0, 0.1) is 5.41 Å². The largest absolute Gasteiger partial charge is 0.384 e. The lowest BCUT2D eigenvalue weighted by Crippen LogP contribution is -2.27. The van der Waals surface area contributed by atoms with Crippen LogP contribution in [0.2, 0.25) is 0 Å². The molecule has 1 aromatic heterocycles. The second-order valence-corrected chi connectivity index (χ2v) is 6.30. The molecule has 0 aliphatic heterocycles. The molecule has 106 valence electrons. The number of nitrogens with two attached hydrogens (primary N) is 1. The van der Waals surface area contributed by atoms with E-state index in [2.05, 4.69) is 9.97 Å². The minimum absolute atomic E-state index is 0.0442. The molecule has 8 heteroatoms. The maximum Gasteiger partial charge on any atom is 0.260 e. The zero-order valence-electron chi connectivity index (χ0n) is 10.9. The summed E-state index contributed by atoms with van der Waals surface area (Å²) in [5, 5.41) is 7.43. The Morgan fingerprint density at radius 3 is 2.85 bits per heavy atom. The third kappa shape index (κ3) is 2.86. The van der Waals surface area contributed by atoms with Crippen molar-refractivity contribution in [1.82, 2.24) is 14.3 Å². The average Bonchev–Trinajstić information content (AvgIpc) is 2.93. The molecular weight excluding hydrogens is 278 g/mol. The van der Waals surface area contributed by atoms with E-state index in [1.165, 1.54) is 23.9 Å². The monoisotopic (exact) mass is 293 g/mol. The predicted molar refractivity (Wildman–Crippen MR) is 74.7 cm³/mol. The Kier molecular flexibility index (Phi) is 3.86. The third-order valence-electron chi connectivity index (χ3n) is 2.80. The first-order valence-corrected chi connectivity index (χ1v) is 7.23. The number of hydrogen-bond acceptors (Lipinski definition) is 4. The summed E-state index contributed by atoms with van der Waals surface area (Å²) in [6.45, 7) is 0.183. The van der Waals surface area contributed by atoms with Gasteiger partial charge in [0.25, 0.3) is 10.0 Å². The summed E-state index contributed by atoms with van der Waals surface area (Å²) in [4.78, 5) is 6.29. The molecule has 1 aromatic carbocycles. The fourth-order valence-electron chi connectivity index (χ4n) is 1.73. The maximum absolute atomic E-state index is 12.2. The summed E-state index contributed by atoms with van der Waals surface area (Å²) in [6, 6.07) is 6.92. The number of benzene rings is 1. The van der Waals surface area contributed by atoms with Crippen molar-refractivity contribution in [1.29, 1.82) is 5.41 Å². The van der Waals surface area contributed by atoms with Crippen LogP contribution in [0.5, 0.6) is 0 Å². The third-order valence-corrected chi connectivity index (χ3v) is 4.53. The molecule has 0 radical (unpaired) electrons. The van der Waals surface area contributed by atoms with Gasteiger partial charge in [0, 0.05) is 19.2 Å².